The van der Waals surface area contributed by atoms with Gasteiger partial charge in [-0.3, -0.25) is 4.79 Å². The fourth-order valence-corrected chi connectivity index (χ4v) is 4.22. The molecule has 0 spiro atoms. The Bertz CT molecular complexity index is 313. The van der Waals surface area contributed by atoms with E-state index in [1.54, 1.807) is 11.3 Å². The number of carbonyl (C=O) groups is 1. The van der Waals surface area contributed by atoms with Crippen LogP contribution in [-0.2, 0) is 4.79 Å². The molecule has 1 heterocycles. The number of carboxylic acids is 1. The van der Waals surface area contributed by atoms with Crippen molar-refractivity contribution in [3.05, 3.63) is 17.5 Å². The molecule has 14 heavy (non-hydrogen) atoms. The maximum Gasteiger partial charge on any atom is 0.320 e. The molecule has 0 saturated heterocycles. The molecule has 1 aliphatic carbocycles. The topological polar surface area (TPSA) is 37.3 Å². The van der Waals surface area contributed by atoms with Crippen molar-refractivity contribution < 1.29 is 9.90 Å². The summed E-state index contributed by atoms with van der Waals surface area (Å²) in [7, 11) is 0. The van der Waals surface area contributed by atoms with Gasteiger partial charge < -0.3 is 5.11 Å². The Hall–Kier alpha value is -0.480. The van der Waals surface area contributed by atoms with E-state index in [1.165, 1.54) is 11.8 Å². The van der Waals surface area contributed by atoms with Crippen LogP contribution in [0.1, 0.15) is 25.7 Å². The molecular formula is C10H12O2S2. The highest BCUT2D eigenvalue weighted by Gasteiger charge is 2.42. The summed E-state index contributed by atoms with van der Waals surface area (Å²) in [5, 5.41) is 11.2. The monoisotopic (exact) mass is 228 g/mol. The van der Waals surface area contributed by atoms with Gasteiger partial charge in [-0.25, -0.2) is 0 Å². The molecule has 76 valence electrons. The predicted octanol–water partition coefficient (Wildman–Crippen LogP) is 3.24. The van der Waals surface area contributed by atoms with Gasteiger partial charge in [-0.05, 0) is 24.3 Å². The molecule has 4 heteroatoms. The van der Waals surface area contributed by atoms with Gasteiger partial charge in [0.25, 0.3) is 0 Å². The number of rotatable bonds is 3. The van der Waals surface area contributed by atoms with E-state index < -0.39 is 10.7 Å². The molecular weight excluding hydrogens is 216 g/mol. The molecule has 0 aliphatic heterocycles. The number of carboxylic acid groups (broad SMARTS) is 1. The number of aliphatic carboxylic acids is 1. The molecule has 0 unspecified atom stereocenters. The molecule has 1 aromatic rings. The standard InChI is InChI=1S/C10H12O2S2/c11-9(12)10(5-1-2-6-10)14-8-4-3-7-13-8/h3-4,7H,1-2,5-6H2,(H,11,12). The van der Waals surface area contributed by atoms with Crippen LogP contribution in [0.4, 0.5) is 0 Å². The lowest BCUT2D eigenvalue weighted by Crippen LogP contribution is -2.31. The minimum Gasteiger partial charge on any atom is -0.480 e. The minimum atomic E-state index is -0.645. The molecule has 1 saturated carbocycles. The van der Waals surface area contributed by atoms with Crippen LogP contribution in [0.5, 0.6) is 0 Å². The zero-order valence-electron chi connectivity index (χ0n) is 7.73. The average molecular weight is 228 g/mol. The van der Waals surface area contributed by atoms with Crippen LogP contribution >= 0.6 is 23.1 Å². The normalized spacial score (nSPS) is 19.7. The van der Waals surface area contributed by atoms with E-state index in [0.29, 0.717) is 0 Å². The maximum atomic E-state index is 11.2. The number of thioether (sulfide) groups is 1. The van der Waals surface area contributed by atoms with Gasteiger partial charge >= 0.3 is 5.97 Å². The first-order chi connectivity index (χ1) is 6.73. The Kier molecular flexibility index (Phi) is 2.83. The highest BCUT2D eigenvalue weighted by molar-refractivity contribution is 8.03. The van der Waals surface area contributed by atoms with E-state index in [-0.39, 0.29) is 0 Å². The second kappa shape index (κ2) is 3.95. The molecule has 0 radical (unpaired) electrons. The van der Waals surface area contributed by atoms with Crippen LogP contribution in [0, 0.1) is 0 Å². The van der Waals surface area contributed by atoms with Crippen molar-refractivity contribution in [2.45, 2.75) is 34.6 Å². The van der Waals surface area contributed by atoms with Gasteiger partial charge in [0.05, 0.1) is 4.21 Å². The van der Waals surface area contributed by atoms with Crippen molar-refractivity contribution >= 4 is 29.1 Å². The zero-order chi connectivity index (χ0) is 10.0. The molecule has 0 aromatic carbocycles. The lowest BCUT2D eigenvalue weighted by atomic mass is 10.1. The second-order valence-electron chi connectivity index (χ2n) is 3.54. The Balaban J connectivity index is 2.16. The molecule has 1 aliphatic rings. The third-order valence-electron chi connectivity index (χ3n) is 2.59. The number of hydrogen-bond acceptors (Lipinski definition) is 3. The van der Waals surface area contributed by atoms with Crippen molar-refractivity contribution in [1.82, 2.24) is 0 Å². The summed E-state index contributed by atoms with van der Waals surface area (Å²) in [5.41, 5.74) is 0. The van der Waals surface area contributed by atoms with Crippen molar-refractivity contribution in [1.29, 1.82) is 0 Å². The summed E-state index contributed by atoms with van der Waals surface area (Å²) in [4.78, 5) is 11.2. The quantitative estimate of drug-likeness (QED) is 0.863. The molecule has 2 nitrogen and oxygen atoms in total. The lowest BCUT2D eigenvalue weighted by molar-refractivity contribution is -0.139. The maximum absolute atomic E-state index is 11.2. The minimum absolute atomic E-state index is 0.537. The fourth-order valence-electron chi connectivity index (χ4n) is 1.82. The highest BCUT2D eigenvalue weighted by Crippen LogP contribution is 2.46. The van der Waals surface area contributed by atoms with E-state index in [1.807, 2.05) is 17.5 Å². The first-order valence-electron chi connectivity index (χ1n) is 4.69. The van der Waals surface area contributed by atoms with Gasteiger partial charge in [0, 0.05) is 0 Å². The van der Waals surface area contributed by atoms with Gasteiger partial charge in [0.2, 0.25) is 0 Å². The van der Waals surface area contributed by atoms with Gasteiger partial charge in [0.15, 0.2) is 0 Å². The van der Waals surface area contributed by atoms with Crippen LogP contribution in [-0.4, -0.2) is 15.8 Å². The zero-order valence-corrected chi connectivity index (χ0v) is 9.37. The van der Waals surface area contributed by atoms with E-state index in [4.69, 9.17) is 0 Å². The summed E-state index contributed by atoms with van der Waals surface area (Å²) in [6.45, 7) is 0. The molecule has 1 fully saturated rings. The molecule has 1 N–H and O–H groups in total. The molecule has 2 rings (SSSR count). The van der Waals surface area contributed by atoms with E-state index in [9.17, 15) is 9.90 Å². The second-order valence-corrected chi connectivity index (χ2v) is 6.17. The number of thiophene rings is 1. The van der Waals surface area contributed by atoms with Crippen LogP contribution in [0.3, 0.4) is 0 Å². The molecule has 0 amide bonds. The van der Waals surface area contributed by atoms with E-state index >= 15 is 0 Å². The van der Waals surface area contributed by atoms with Gasteiger partial charge in [-0.1, -0.05) is 30.7 Å². The van der Waals surface area contributed by atoms with Crippen molar-refractivity contribution in [2.75, 3.05) is 0 Å². The first kappa shape index (κ1) is 10.1. The van der Waals surface area contributed by atoms with E-state index in [0.717, 1.165) is 29.9 Å². The Morgan fingerprint density at radius 3 is 2.71 bits per heavy atom. The van der Waals surface area contributed by atoms with Crippen LogP contribution < -0.4 is 0 Å². The van der Waals surface area contributed by atoms with Crippen LogP contribution in [0.25, 0.3) is 0 Å². The molecule has 0 atom stereocenters. The lowest BCUT2D eigenvalue weighted by Gasteiger charge is -2.21. The Labute approximate surface area is 91.3 Å². The smallest absolute Gasteiger partial charge is 0.320 e. The van der Waals surface area contributed by atoms with Crippen molar-refractivity contribution in [2.24, 2.45) is 0 Å². The van der Waals surface area contributed by atoms with Crippen molar-refractivity contribution in [3.8, 4) is 0 Å². The average Bonchev–Trinajstić information content (AvgIpc) is 2.76. The predicted molar refractivity (Wildman–Crippen MR) is 59.0 cm³/mol. The summed E-state index contributed by atoms with van der Waals surface area (Å²) in [6, 6.07) is 3.97. The van der Waals surface area contributed by atoms with Crippen LogP contribution in [0.2, 0.25) is 0 Å². The van der Waals surface area contributed by atoms with E-state index in [2.05, 4.69) is 0 Å². The SMILES string of the molecule is O=C(O)C1(Sc2cccs2)CCCC1. The summed E-state index contributed by atoms with van der Waals surface area (Å²) in [5.74, 6) is -0.645. The van der Waals surface area contributed by atoms with Crippen molar-refractivity contribution in [3.63, 3.8) is 0 Å². The Morgan fingerprint density at radius 1 is 1.50 bits per heavy atom. The largest absolute Gasteiger partial charge is 0.480 e. The summed E-state index contributed by atoms with van der Waals surface area (Å²) >= 11 is 3.16. The molecule has 0 bridgehead atoms. The van der Waals surface area contributed by atoms with Gasteiger partial charge in [-0.15, -0.1) is 11.3 Å². The highest BCUT2D eigenvalue weighted by atomic mass is 32.2. The third kappa shape index (κ3) is 1.81. The fraction of sp³-hybridized carbons (Fsp3) is 0.500. The first-order valence-corrected chi connectivity index (χ1v) is 6.38. The molecule has 1 aromatic heterocycles. The summed E-state index contributed by atoms with van der Waals surface area (Å²) in [6.07, 6.45) is 3.71. The summed E-state index contributed by atoms with van der Waals surface area (Å²) < 4.78 is 0.583. The third-order valence-corrected chi connectivity index (χ3v) is 5.10. The number of hydrogen-bond donors (Lipinski definition) is 1. The van der Waals surface area contributed by atoms with Crippen LogP contribution in [0.15, 0.2) is 21.7 Å². The Morgan fingerprint density at radius 2 is 2.21 bits per heavy atom. The van der Waals surface area contributed by atoms with Gasteiger partial charge in [0.1, 0.15) is 4.75 Å². The van der Waals surface area contributed by atoms with Gasteiger partial charge in [-0.2, -0.15) is 0 Å².